The van der Waals surface area contributed by atoms with Gasteiger partial charge in [0.2, 0.25) is 0 Å². The molecule has 0 atom stereocenters. The summed E-state index contributed by atoms with van der Waals surface area (Å²) in [4.78, 5) is 2.20. The van der Waals surface area contributed by atoms with E-state index in [0.717, 1.165) is 17.6 Å². The smallest absolute Gasteiger partial charge is 0.0516 e. The largest absolute Gasteiger partial charge is 0.363 e. The third-order valence-corrected chi connectivity index (χ3v) is 2.56. The van der Waals surface area contributed by atoms with E-state index in [1.54, 1.807) is 0 Å². The summed E-state index contributed by atoms with van der Waals surface area (Å²) in [5.74, 6) is 0. The predicted octanol–water partition coefficient (Wildman–Crippen LogP) is 3.63. The summed E-state index contributed by atoms with van der Waals surface area (Å²) in [6, 6.07) is 8.15. The molecule has 1 aromatic carbocycles. The summed E-state index contributed by atoms with van der Waals surface area (Å²) < 4.78 is 1.10. The van der Waals surface area contributed by atoms with Crippen molar-refractivity contribution < 1.29 is 0 Å². The first-order chi connectivity index (χ1) is 6.79. The number of para-hydroxylation sites is 1. The van der Waals surface area contributed by atoms with Crippen LogP contribution in [0.15, 0.2) is 54.0 Å². The van der Waals surface area contributed by atoms with Crippen molar-refractivity contribution >= 4 is 21.6 Å². The Kier molecular flexibility index (Phi) is 4.47. The number of hydrogen-bond donors (Lipinski definition) is 0. The fraction of sp³-hybridized carbons (Fsp3) is 0.167. The third-order valence-electron chi connectivity index (χ3n) is 1.89. The van der Waals surface area contributed by atoms with Crippen molar-refractivity contribution in [1.82, 2.24) is 0 Å². The van der Waals surface area contributed by atoms with Gasteiger partial charge in [0, 0.05) is 17.6 Å². The normalized spacial score (nSPS) is 9.50. The Morgan fingerprint density at radius 3 is 2.21 bits per heavy atom. The number of anilines is 1. The van der Waals surface area contributed by atoms with Crippen LogP contribution in [0.25, 0.3) is 0 Å². The summed E-state index contributed by atoms with van der Waals surface area (Å²) in [5.41, 5.74) is 1.17. The molecule has 74 valence electrons. The molecule has 0 amide bonds. The first-order valence-corrected chi connectivity index (χ1v) is 5.30. The molecule has 14 heavy (non-hydrogen) atoms. The number of benzene rings is 1. The van der Waals surface area contributed by atoms with Gasteiger partial charge < -0.3 is 4.90 Å². The van der Waals surface area contributed by atoms with Gasteiger partial charge in [-0.3, -0.25) is 0 Å². The van der Waals surface area contributed by atoms with Crippen LogP contribution in [0.2, 0.25) is 0 Å². The Labute approximate surface area is 93.9 Å². The summed E-state index contributed by atoms with van der Waals surface area (Å²) >= 11 is 3.53. The van der Waals surface area contributed by atoms with Gasteiger partial charge in [0.1, 0.15) is 0 Å². The van der Waals surface area contributed by atoms with E-state index < -0.39 is 0 Å². The lowest BCUT2D eigenvalue weighted by molar-refractivity contribution is 0.953. The maximum absolute atomic E-state index is 3.75. The summed E-state index contributed by atoms with van der Waals surface area (Å²) in [6.07, 6.45) is 3.78. The Bertz CT molecular complexity index is 310. The highest BCUT2D eigenvalue weighted by molar-refractivity contribution is 9.10. The summed E-state index contributed by atoms with van der Waals surface area (Å²) in [5, 5.41) is 0. The van der Waals surface area contributed by atoms with E-state index in [4.69, 9.17) is 0 Å². The predicted molar refractivity (Wildman–Crippen MR) is 66.7 cm³/mol. The molecule has 0 spiro atoms. The maximum atomic E-state index is 3.75. The molecule has 0 N–H and O–H groups in total. The van der Waals surface area contributed by atoms with Crippen LogP contribution in [0.5, 0.6) is 0 Å². The van der Waals surface area contributed by atoms with Gasteiger partial charge in [-0.15, -0.1) is 13.2 Å². The molecule has 0 fully saturated rings. The van der Waals surface area contributed by atoms with Crippen molar-refractivity contribution in [1.29, 1.82) is 0 Å². The fourth-order valence-electron chi connectivity index (χ4n) is 1.29. The van der Waals surface area contributed by atoms with E-state index in [9.17, 15) is 0 Å². The highest BCUT2D eigenvalue weighted by atomic mass is 79.9. The van der Waals surface area contributed by atoms with E-state index in [0.29, 0.717) is 0 Å². The molecule has 0 saturated carbocycles. The van der Waals surface area contributed by atoms with E-state index in [1.807, 2.05) is 30.4 Å². The second-order valence-electron chi connectivity index (χ2n) is 2.93. The van der Waals surface area contributed by atoms with Crippen molar-refractivity contribution in [2.24, 2.45) is 0 Å². The van der Waals surface area contributed by atoms with Gasteiger partial charge in [0.25, 0.3) is 0 Å². The van der Waals surface area contributed by atoms with Gasteiger partial charge in [-0.2, -0.15) is 0 Å². The van der Waals surface area contributed by atoms with Crippen molar-refractivity contribution in [2.45, 2.75) is 0 Å². The zero-order valence-corrected chi connectivity index (χ0v) is 9.70. The van der Waals surface area contributed by atoms with Crippen LogP contribution in [0.4, 0.5) is 5.69 Å². The van der Waals surface area contributed by atoms with Crippen LogP contribution < -0.4 is 4.90 Å². The minimum absolute atomic E-state index is 0.828. The lowest BCUT2D eigenvalue weighted by Crippen LogP contribution is -2.23. The molecule has 1 nitrogen and oxygen atoms in total. The monoisotopic (exact) mass is 251 g/mol. The highest BCUT2D eigenvalue weighted by Gasteiger charge is 2.05. The minimum atomic E-state index is 0.828. The molecule has 0 bridgehead atoms. The lowest BCUT2D eigenvalue weighted by atomic mass is 10.3. The molecule has 0 saturated heterocycles. The fourth-order valence-corrected chi connectivity index (χ4v) is 1.83. The molecule has 0 unspecified atom stereocenters. The zero-order valence-electron chi connectivity index (χ0n) is 8.12. The van der Waals surface area contributed by atoms with Gasteiger partial charge in [0.15, 0.2) is 0 Å². The van der Waals surface area contributed by atoms with E-state index in [1.165, 1.54) is 5.69 Å². The number of nitrogens with zero attached hydrogens (tertiary/aromatic N) is 1. The van der Waals surface area contributed by atoms with Crippen LogP contribution in [0, 0.1) is 0 Å². The molecule has 1 rings (SSSR count). The van der Waals surface area contributed by atoms with Crippen LogP contribution in [0.1, 0.15) is 0 Å². The van der Waals surface area contributed by atoms with Crippen molar-refractivity contribution in [3.8, 4) is 0 Å². The molecular weight excluding hydrogens is 238 g/mol. The van der Waals surface area contributed by atoms with Crippen molar-refractivity contribution in [3.63, 3.8) is 0 Å². The van der Waals surface area contributed by atoms with Gasteiger partial charge in [-0.05, 0) is 28.1 Å². The van der Waals surface area contributed by atoms with E-state index >= 15 is 0 Å². The van der Waals surface area contributed by atoms with Crippen LogP contribution >= 0.6 is 15.9 Å². The molecule has 1 aromatic rings. The molecule has 2 heteroatoms. The van der Waals surface area contributed by atoms with Crippen LogP contribution in [-0.2, 0) is 0 Å². The zero-order chi connectivity index (χ0) is 10.4. The number of rotatable bonds is 5. The Morgan fingerprint density at radius 1 is 1.14 bits per heavy atom. The lowest BCUT2D eigenvalue weighted by Gasteiger charge is -2.22. The summed E-state index contributed by atoms with van der Waals surface area (Å²) in [7, 11) is 0. The second-order valence-corrected chi connectivity index (χ2v) is 3.79. The molecule has 0 aromatic heterocycles. The van der Waals surface area contributed by atoms with E-state index in [-0.39, 0.29) is 0 Å². The Morgan fingerprint density at radius 2 is 1.71 bits per heavy atom. The highest BCUT2D eigenvalue weighted by Crippen LogP contribution is 2.25. The minimum Gasteiger partial charge on any atom is -0.363 e. The molecule has 0 aliphatic carbocycles. The number of hydrogen-bond acceptors (Lipinski definition) is 1. The first-order valence-electron chi connectivity index (χ1n) is 4.51. The van der Waals surface area contributed by atoms with Crippen molar-refractivity contribution in [3.05, 3.63) is 54.0 Å². The SMILES string of the molecule is C=CCN(CC=C)c1ccccc1Br. The standard InChI is InChI=1S/C12H14BrN/c1-3-9-14(10-4-2)12-8-6-5-7-11(12)13/h3-8H,1-2,9-10H2. The van der Waals surface area contributed by atoms with Gasteiger partial charge in [-0.1, -0.05) is 24.3 Å². The van der Waals surface area contributed by atoms with Crippen LogP contribution in [0.3, 0.4) is 0 Å². The van der Waals surface area contributed by atoms with Gasteiger partial charge in [-0.25, -0.2) is 0 Å². The van der Waals surface area contributed by atoms with Crippen LogP contribution in [-0.4, -0.2) is 13.1 Å². The summed E-state index contributed by atoms with van der Waals surface area (Å²) in [6.45, 7) is 9.15. The van der Waals surface area contributed by atoms with Gasteiger partial charge in [0.05, 0.1) is 5.69 Å². The van der Waals surface area contributed by atoms with E-state index in [2.05, 4.69) is 40.1 Å². The molecule has 0 radical (unpaired) electrons. The van der Waals surface area contributed by atoms with Crippen molar-refractivity contribution in [2.75, 3.05) is 18.0 Å². The molecule has 0 heterocycles. The van der Waals surface area contributed by atoms with Gasteiger partial charge >= 0.3 is 0 Å². The maximum Gasteiger partial charge on any atom is 0.0516 e. The Balaban J connectivity index is 2.91. The average molecular weight is 252 g/mol. The molecule has 0 aliphatic heterocycles. The first kappa shape index (κ1) is 11.1. The quantitative estimate of drug-likeness (QED) is 0.723. The molecule has 0 aliphatic rings. The second kappa shape index (κ2) is 5.66. The molecular formula is C12H14BrN. The third kappa shape index (κ3) is 2.74. The average Bonchev–Trinajstić information content (AvgIpc) is 2.18. The Hall–Kier alpha value is -1.02. The topological polar surface area (TPSA) is 3.24 Å². The number of halogens is 1.